The lowest BCUT2D eigenvalue weighted by molar-refractivity contribution is 0.0285. The van der Waals surface area contributed by atoms with Crippen LogP contribution >= 0.6 is 0 Å². The second-order valence-electron chi connectivity index (χ2n) is 4.98. The minimum Gasteiger partial charge on any atom is -0.385 e. The maximum Gasteiger partial charge on any atom is 0.251 e. The number of carbonyl (C=O) groups is 1. The summed E-state index contributed by atoms with van der Waals surface area (Å²) in [5.41, 5.74) is 2.68. The molecule has 1 amide bonds. The molecule has 1 rings (SSSR count). The highest BCUT2D eigenvalue weighted by atomic mass is 16.5. The van der Waals surface area contributed by atoms with Crippen LogP contribution in [0.25, 0.3) is 0 Å². The molecule has 5 nitrogen and oxygen atoms in total. The van der Waals surface area contributed by atoms with Gasteiger partial charge >= 0.3 is 0 Å². The third kappa shape index (κ3) is 5.73. The van der Waals surface area contributed by atoms with Crippen LogP contribution in [0, 0.1) is 6.92 Å². The zero-order valence-electron chi connectivity index (χ0n) is 13.4. The Kier molecular flexibility index (Phi) is 7.79. The highest BCUT2D eigenvalue weighted by Crippen LogP contribution is 2.15. The van der Waals surface area contributed by atoms with E-state index in [0.717, 1.165) is 24.2 Å². The minimum absolute atomic E-state index is 0.0901. The third-order valence-corrected chi connectivity index (χ3v) is 3.23. The Bertz CT molecular complexity index is 449. The van der Waals surface area contributed by atoms with Gasteiger partial charge in [0.15, 0.2) is 0 Å². The standard InChI is InChI=1S/C16H26N2O3/c1-5-8-17-13-6-7-15(12(2)9-13)16(19)18-10-14(21-4)11-20-3/h6-7,9,14,17H,5,8,10-11H2,1-4H3,(H,18,19). The fraction of sp³-hybridized carbons (Fsp3) is 0.562. The number of nitrogens with one attached hydrogen (secondary N) is 2. The van der Waals surface area contributed by atoms with E-state index in [4.69, 9.17) is 9.47 Å². The second-order valence-corrected chi connectivity index (χ2v) is 4.98. The van der Waals surface area contributed by atoms with E-state index < -0.39 is 0 Å². The van der Waals surface area contributed by atoms with Crippen LogP contribution in [0.1, 0.15) is 29.3 Å². The molecule has 1 aromatic carbocycles. The number of hydrogen-bond acceptors (Lipinski definition) is 4. The molecule has 0 bridgehead atoms. The van der Waals surface area contributed by atoms with Gasteiger partial charge < -0.3 is 20.1 Å². The van der Waals surface area contributed by atoms with Crippen molar-refractivity contribution < 1.29 is 14.3 Å². The van der Waals surface area contributed by atoms with E-state index >= 15 is 0 Å². The van der Waals surface area contributed by atoms with Crippen molar-refractivity contribution in [2.75, 3.05) is 39.2 Å². The quantitative estimate of drug-likeness (QED) is 0.733. The van der Waals surface area contributed by atoms with Crippen molar-refractivity contribution in [2.45, 2.75) is 26.4 Å². The average molecular weight is 294 g/mol. The molecule has 0 aliphatic rings. The van der Waals surface area contributed by atoms with Crippen molar-refractivity contribution in [3.8, 4) is 0 Å². The Morgan fingerprint density at radius 1 is 1.33 bits per heavy atom. The van der Waals surface area contributed by atoms with E-state index in [1.54, 1.807) is 14.2 Å². The predicted molar refractivity (Wildman–Crippen MR) is 85.0 cm³/mol. The maximum absolute atomic E-state index is 12.2. The molecule has 1 unspecified atom stereocenters. The summed E-state index contributed by atoms with van der Waals surface area (Å²) >= 11 is 0. The summed E-state index contributed by atoms with van der Waals surface area (Å²) in [4.78, 5) is 12.2. The van der Waals surface area contributed by atoms with E-state index in [1.807, 2.05) is 25.1 Å². The molecule has 5 heteroatoms. The van der Waals surface area contributed by atoms with Gasteiger partial charge in [0.25, 0.3) is 5.91 Å². The summed E-state index contributed by atoms with van der Waals surface area (Å²) in [6.07, 6.45) is 0.934. The summed E-state index contributed by atoms with van der Waals surface area (Å²) in [7, 11) is 3.22. The topological polar surface area (TPSA) is 59.6 Å². The van der Waals surface area contributed by atoms with Gasteiger partial charge in [0.2, 0.25) is 0 Å². The fourth-order valence-electron chi connectivity index (χ4n) is 2.00. The van der Waals surface area contributed by atoms with Gasteiger partial charge in [0.1, 0.15) is 0 Å². The summed E-state index contributed by atoms with van der Waals surface area (Å²) < 4.78 is 10.2. The van der Waals surface area contributed by atoms with Gasteiger partial charge in [0.05, 0.1) is 12.7 Å². The molecule has 0 aliphatic heterocycles. The lowest BCUT2D eigenvalue weighted by atomic mass is 10.1. The molecule has 21 heavy (non-hydrogen) atoms. The summed E-state index contributed by atoms with van der Waals surface area (Å²) in [5, 5.41) is 6.18. The Hall–Kier alpha value is -1.59. The van der Waals surface area contributed by atoms with Crippen LogP contribution in [-0.2, 0) is 9.47 Å². The van der Waals surface area contributed by atoms with Crippen LogP contribution in [0.4, 0.5) is 5.69 Å². The first kappa shape index (κ1) is 17.5. The Labute approximate surface area is 127 Å². The van der Waals surface area contributed by atoms with Gasteiger partial charge in [-0.15, -0.1) is 0 Å². The van der Waals surface area contributed by atoms with Crippen LogP contribution in [0.3, 0.4) is 0 Å². The lowest BCUT2D eigenvalue weighted by Gasteiger charge is -2.16. The lowest BCUT2D eigenvalue weighted by Crippen LogP contribution is -2.35. The van der Waals surface area contributed by atoms with Crippen LogP contribution in [0.5, 0.6) is 0 Å². The number of carbonyl (C=O) groups excluding carboxylic acids is 1. The first-order valence-corrected chi connectivity index (χ1v) is 7.26. The van der Waals surface area contributed by atoms with Crippen LogP contribution < -0.4 is 10.6 Å². The normalized spacial score (nSPS) is 12.0. The molecule has 1 atom stereocenters. The molecule has 118 valence electrons. The van der Waals surface area contributed by atoms with Gasteiger partial charge in [-0.1, -0.05) is 6.92 Å². The Balaban J connectivity index is 2.61. The molecule has 0 radical (unpaired) electrons. The van der Waals surface area contributed by atoms with Crippen molar-refractivity contribution in [1.29, 1.82) is 0 Å². The van der Waals surface area contributed by atoms with E-state index in [0.29, 0.717) is 18.7 Å². The fourth-order valence-corrected chi connectivity index (χ4v) is 2.00. The highest BCUT2D eigenvalue weighted by molar-refractivity contribution is 5.96. The molecule has 0 aliphatic carbocycles. The van der Waals surface area contributed by atoms with E-state index in [1.165, 1.54) is 0 Å². The molecule has 0 spiro atoms. The largest absolute Gasteiger partial charge is 0.385 e. The van der Waals surface area contributed by atoms with Crippen molar-refractivity contribution in [1.82, 2.24) is 5.32 Å². The Morgan fingerprint density at radius 3 is 2.67 bits per heavy atom. The zero-order valence-corrected chi connectivity index (χ0v) is 13.4. The SMILES string of the molecule is CCCNc1ccc(C(=O)NCC(COC)OC)c(C)c1. The molecule has 2 N–H and O–H groups in total. The van der Waals surface area contributed by atoms with Crippen molar-refractivity contribution in [3.63, 3.8) is 0 Å². The van der Waals surface area contributed by atoms with Crippen molar-refractivity contribution in [2.24, 2.45) is 0 Å². The minimum atomic E-state index is -0.134. The number of ether oxygens (including phenoxy) is 2. The molecule has 0 heterocycles. The molecule has 0 saturated carbocycles. The van der Waals surface area contributed by atoms with Gasteiger partial charge in [0, 0.05) is 38.6 Å². The first-order valence-electron chi connectivity index (χ1n) is 7.26. The van der Waals surface area contributed by atoms with E-state index in [9.17, 15) is 4.79 Å². The number of amides is 1. The smallest absolute Gasteiger partial charge is 0.251 e. The molecule has 0 aromatic heterocycles. The predicted octanol–water partition coefficient (Wildman–Crippen LogP) is 2.21. The Morgan fingerprint density at radius 2 is 2.10 bits per heavy atom. The third-order valence-electron chi connectivity index (χ3n) is 3.23. The zero-order chi connectivity index (χ0) is 15.7. The van der Waals surface area contributed by atoms with Crippen LogP contribution in [0.15, 0.2) is 18.2 Å². The molecule has 0 saturated heterocycles. The number of aryl methyl sites for hydroxylation is 1. The number of rotatable bonds is 9. The van der Waals surface area contributed by atoms with Gasteiger partial charge in [-0.05, 0) is 37.1 Å². The van der Waals surface area contributed by atoms with Crippen molar-refractivity contribution in [3.05, 3.63) is 29.3 Å². The first-order chi connectivity index (χ1) is 10.1. The van der Waals surface area contributed by atoms with E-state index in [2.05, 4.69) is 17.6 Å². The van der Waals surface area contributed by atoms with Gasteiger partial charge in [-0.3, -0.25) is 4.79 Å². The molecular weight excluding hydrogens is 268 g/mol. The summed E-state index contributed by atoms with van der Waals surface area (Å²) in [6, 6.07) is 5.77. The van der Waals surface area contributed by atoms with Crippen LogP contribution in [-0.4, -0.2) is 45.9 Å². The number of benzene rings is 1. The molecule has 0 fully saturated rings. The monoisotopic (exact) mass is 294 g/mol. The van der Waals surface area contributed by atoms with Crippen molar-refractivity contribution >= 4 is 11.6 Å². The maximum atomic E-state index is 12.2. The van der Waals surface area contributed by atoms with Gasteiger partial charge in [-0.2, -0.15) is 0 Å². The van der Waals surface area contributed by atoms with E-state index in [-0.39, 0.29) is 12.0 Å². The van der Waals surface area contributed by atoms with Gasteiger partial charge in [-0.25, -0.2) is 0 Å². The van der Waals surface area contributed by atoms with Crippen LogP contribution in [0.2, 0.25) is 0 Å². The highest BCUT2D eigenvalue weighted by Gasteiger charge is 2.12. The number of anilines is 1. The molecule has 1 aromatic rings. The summed E-state index contributed by atoms with van der Waals surface area (Å²) in [6.45, 7) is 5.87. The second kappa shape index (κ2) is 9.37. The molecular formula is C16H26N2O3. The average Bonchev–Trinajstić information content (AvgIpc) is 2.49. The summed E-state index contributed by atoms with van der Waals surface area (Å²) in [5.74, 6) is -0.0901. The number of hydrogen-bond donors (Lipinski definition) is 2. The number of methoxy groups -OCH3 is 2.